The Labute approximate surface area is 138 Å². The van der Waals surface area contributed by atoms with Crippen molar-refractivity contribution in [2.45, 2.75) is 32.1 Å². The Hall–Kier alpha value is -2.07. The van der Waals surface area contributed by atoms with Gasteiger partial charge in [0.15, 0.2) is 11.5 Å². The monoisotopic (exact) mass is 314 g/mol. The maximum atomic E-state index is 5.95. The predicted molar refractivity (Wildman–Crippen MR) is 93.1 cm³/mol. The molecule has 0 saturated heterocycles. The number of hydrogen-bond donors (Lipinski definition) is 1. The normalized spacial score (nSPS) is 12.0. The summed E-state index contributed by atoms with van der Waals surface area (Å²) in [6.45, 7) is 3.42. The lowest BCUT2D eigenvalue weighted by atomic mass is 9.95. The van der Waals surface area contributed by atoms with Gasteiger partial charge in [-0.25, -0.2) is 0 Å². The van der Waals surface area contributed by atoms with Gasteiger partial charge in [0.2, 0.25) is 0 Å². The van der Waals surface area contributed by atoms with Crippen LogP contribution < -0.4 is 15.2 Å². The van der Waals surface area contributed by atoms with Crippen molar-refractivity contribution in [3.05, 3.63) is 53.9 Å². The second-order valence-electron chi connectivity index (χ2n) is 5.58. The minimum atomic E-state index is 0.202. The van der Waals surface area contributed by atoms with Crippen molar-refractivity contribution in [1.29, 1.82) is 0 Å². The number of unbranched alkanes of at least 4 members (excludes halogenated alkanes) is 1. The zero-order chi connectivity index (χ0) is 16.5. The third-order valence-corrected chi connectivity index (χ3v) is 3.86. The summed E-state index contributed by atoms with van der Waals surface area (Å²) in [4.78, 5) is 4.43. The Morgan fingerprint density at radius 1 is 1.17 bits per heavy atom. The average Bonchev–Trinajstić information content (AvgIpc) is 2.61. The maximum absolute atomic E-state index is 5.95. The fraction of sp³-hybridized carbons (Fsp3) is 0.421. The number of pyridine rings is 1. The molecule has 0 aliphatic heterocycles. The molecule has 0 bridgehead atoms. The molecule has 1 aromatic carbocycles. The summed E-state index contributed by atoms with van der Waals surface area (Å²) < 4.78 is 11.2. The molecule has 0 aliphatic carbocycles. The van der Waals surface area contributed by atoms with Crippen molar-refractivity contribution < 1.29 is 9.47 Å². The highest BCUT2D eigenvalue weighted by Crippen LogP contribution is 2.30. The molecule has 2 rings (SSSR count). The van der Waals surface area contributed by atoms with Gasteiger partial charge in [0.05, 0.1) is 13.7 Å². The molecule has 23 heavy (non-hydrogen) atoms. The quantitative estimate of drug-likeness (QED) is 0.719. The van der Waals surface area contributed by atoms with E-state index in [1.807, 2.05) is 30.5 Å². The first-order valence-corrected chi connectivity index (χ1v) is 8.19. The van der Waals surface area contributed by atoms with E-state index in [0.29, 0.717) is 13.2 Å². The van der Waals surface area contributed by atoms with Gasteiger partial charge in [-0.1, -0.05) is 25.5 Å². The van der Waals surface area contributed by atoms with Gasteiger partial charge in [-0.05, 0) is 42.7 Å². The van der Waals surface area contributed by atoms with Crippen LogP contribution in [0.3, 0.4) is 0 Å². The Morgan fingerprint density at radius 3 is 2.70 bits per heavy atom. The van der Waals surface area contributed by atoms with Crippen molar-refractivity contribution in [3.8, 4) is 11.5 Å². The summed E-state index contributed by atoms with van der Waals surface area (Å²) in [6, 6.07) is 12.0. The lowest BCUT2D eigenvalue weighted by Crippen LogP contribution is -2.16. The lowest BCUT2D eigenvalue weighted by Gasteiger charge is -2.16. The van der Waals surface area contributed by atoms with Gasteiger partial charge in [-0.3, -0.25) is 4.98 Å². The molecule has 4 heteroatoms. The van der Waals surface area contributed by atoms with E-state index in [-0.39, 0.29) is 5.92 Å². The number of rotatable bonds is 9. The Morgan fingerprint density at radius 2 is 2.04 bits per heavy atom. The molecule has 0 fully saturated rings. The van der Waals surface area contributed by atoms with E-state index >= 15 is 0 Å². The number of hydrogen-bond acceptors (Lipinski definition) is 4. The Kier molecular flexibility index (Phi) is 6.88. The molecule has 2 N–H and O–H groups in total. The molecule has 1 heterocycles. The highest BCUT2D eigenvalue weighted by atomic mass is 16.5. The zero-order valence-corrected chi connectivity index (χ0v) is 14.0. The number of nitrogens with zero attached hydrogens (tertiary/aromatic N) is 1. The van der Waals surface area contributed by atoms with Gasteiger partial charge >= 0.3 is 0 Å². The zero-order valence-electron chi connectivity index (χ0n) is 14.0. The maximum Gasteiger partial charge on any atom is 0.161 e. The molecule has 0 radical (unpaired) electrons. The molecule has 1 unspecified atom stereocenters. The summed E-state index contributed by atoms with van der Waals surface area (Å²) in [7, 11) is 1.66. The highest BCUT2D eigenvalue weighted by Gasteiger charge is 2.14. The minimum absolute atomic E-state index is 0.202. The molecule has 1 atom stereocenters. The summed E-state index contributed by atoms with van der Waals surface area (Å²) in [5, 5.41) is 0. The van der Waals surface area contributed by atoms with Crippen molar-refractivity contribution in [2.24, 2.45) is 5.73 Å². The van der Waals surface area contributed by atoms with Gasteiger partial charge in [0.1, 0.15) is 0 Å². The van der Waals surface area contributed by atoms with Crippen LogP contribution in [0.5, 0.6) is 11.5 Å². The SMILES string of the molecule is CCCCOc1cc(CC(CN)c2ccccn2)ccc1OC. The topological polar surface area (TPSA) is 57.4 Å². The van der Waals surface area contributed by atoms with Crippen molar-refractivity contribution in [1.82, 2.24) is 4.98 Å². The van der Waals surface area contributed by atoms with Crippen molar-refractivity contribution in [3.63, 3.8) is 0 Å². The van der Waals surface area contributed by atoms with Crippen LogP contribution in [0.25, 0.3) is 0 Å². The minimum Gasteiger partial charge on any atom is -0.493 e. The van der Waals surface area contributed by atoms with Gasteiger partial charge in [0.25, 0.3) is 0 Å². The fourth-order valence-electron chi connectivity index (χ4n) is 2.50. The number of nitrogens with two attached hydrogens (primary N) is 1. The molecule has 1 aromatic heterocycles. The number of aromatic nitrogens is 1. The van der Waals surface area contributed by atoms with Gasteiger partial charge in [0, 0.05) is 24.4 Å². The molecule has 0 spiro atoms. The first-order valence-electron chi connectivity index (χ1n) is 8.19. The molecule has 0 aliphatic rings. The summed E-state index contributed by atoms with van der Waals surface area (Å²) in [5.41, 5.74) is 8.16. The van der Waals surface area contributed by atoms with E-state index in [0.717, 1.165) is 36.5 Å². The lowest BCUT2D eigenvalue weighted by molar-refractivity contribution is 0.288. The molecule has 2 aromatic rings. The number of methoxy groups -OCH3 is 1. The molecule has 4 nitrogen and oxygen atoms in total. The molecule has 0 amide bonds. The van der Waals surface area contributed by atoms with Crippen LogP contribution >= 0.6 is 0 Å². The van der Waals surface area contributed by atoms with Crippen LogP contribution in [0.4, 0.5) is 0 Å². The van der Waals surface area contributed by atoms with Crippen LogP contribution in [-0.4, -0.2) is 25.2 Å². The van der Waals surface area contributed by atoms with E-state index in [1.165, 1.54) is 5.56 Å². The summed E-state index contributed by atoms with van der Waals surface area (Å²) >= 11 is 0. The van der Waals surface area contributed by atoms with E-state index in [4.69, 9.17) is 15.2 Å². The van der Waals surface area contributed by atoms with Crippen LogP contribution in [0.15, 0.2) is 42.6 Å². The van der Waals surface area contributed by atoms with E-state index < -0.39 is 0 Å². The van der Waals surface area contributed by atoms with Crippen LogP contribution in [-0.2, 0) is 6.42 Å². The van der Waals surface area contributed by atoms with Crippen LogP contribution in [0.2, 0.25) is 0 Å². The number of ether oxygens (including phenoxy) is 2. The third-order valence-electron chi connectivity index (χ3n) is 3.86. The van der Waals surface area contributed by atoms with E-state index in [9.17, 15) is 0 Å². The van der Waals surface area contributed by atoms with Crippen LogP contribution in [0, 0.1) is 0 Å². The van der Waals surface area contributed by atoms with E-state index in [2.05, 4.69) is 24.0 Å². The van der Waals surface area contributed by atoms with Crippen molar-refractivity contribution >= 4 is 0 Å². The highest BCUT2D eigenvalue weighted by molar-refractivity contribution is 5.43. The predicted octanol–water partition coefficient (Wildman–Crippen LogP) is 3.55. The molecule has 124 valence electrons. The summed E-state index contributed by atoms with van der Waals surface area (Å²) in [5.74, 6) is 1.77. The largest absolute Gasteiger partial charge is 0.493 e. The first-order chi connectivity index (χ1) is 11.3. The molecule has 0 saturated carbocycles. The first kappa shape index (κ1) is 17.3. The number of benzene rings is 1. The summed E-state index contributed by atoms with van der Waals surface area (Å²) in [6.07, 6.45) is 4.79. The van der Waals surface area contributed by atoms with Gasteiger partial charge in [-0.15, -0.1) is 0 Å². The third kappa shape index (κ3) is 4.96. The second-order valence-corrected chi connectivity index (χ2v) is 5.58. The van der Waals surface area contributed by atoms with Gasteiger partial charge in [-0.2, -0.15) is 0 Å². The standard InChI is InChI=1S/C19H26N2O2/c1-3-4-11-23-19-13-15(8-9-18(19)22-2)12-16(14-20)17-7-5-6-10-21-17/h5-10,13,16H,3-4,11-12,14,20H2,1-2H3. The van der Waals surface area contributed by atoms with Gasteiger partial charge < -0.3 is 15.2 Å². The average molecular weight is 314 g/mol. The smallest absolute Gasteiger partial charge is 0.161 e. The molecular weight excluding hydrogens is 288 g/mol. The van der Waals surface area contributed by atoms with Crippen molar-refractivity contribution in [2.75, 3.05) is 20.3 Å². The molecular formula is C19H26N2O2. The Balaban J connectivity index is 2.13. The fourth-order valence-corrected chi connectivity index (χ4v) is 2.50. The van der Waals surface area contributed by atoms with Crippen LogP contribution in [0.1, 0.15) is 36.9 Å². The Bertz CT molecular complexity index is 587. The second kappa shape index (κ2) is 9.16. The van der Waals surface area contributed by atoms with E-state index in [1.54, 1.807) is 7.11 Å².